The Morgan fingerprint density at radius 1 is 1.19 bits per heavy atom. The second-order valence-electron chi connectivity index (χ2n) is 3.71. The van der Waals surface area contributed by atoms with E-state index in [1.807, 2.05) is 0 Å². The third-order valence-corrected chi connectivity index (χ3v) is 2.66. The SMILES string of the molecule is N/C(=N/O)c1cc(Br)ccc1OC(C(F)(F)F)C(F)(F)F. The average Bonchev–Trinajstić information content (AvgIpc) is 2.33. The Bertz CT molecular complexity index is 529. The molecule has 1 aromatic rings. The van der Waals surface area contributed by atoms with Gasteiger partial charge < -0.3 is 15.7 Å². The summed E-state index contributed by atoms with van der Waals surface area (Å²) < 4.78 is 78.9. The van der Waals surface area contributed by atoms with E-state index in [0.29, 0.717) is 0 Å². The van der Waals surface area contributed by atoms with Gasteiger partial charge in [0.2, 0.25) is 0 Å². The predicted molar refractivity (Wildman–Crippen MR) is 63.2 cm³/mol. The fourth-order valence-electron chi connectivity index (χ4n) is 1.31. The van der Waals surface area contributed by atoms with E-state index in [2.05, 4.69) is 25.8 Å². The maximum absolute atomic E-state index is 12.4. The van der Waals surface area contributed by atoms with Gasteiger partial charge in [0.1, 0.15) is 5.75 Å². The lowest BCUT2D eigenvalue weighted by Crippen LogP contribution is -2.46. The molecule has 0 bridgehead atoms. The minimum absolute atomic E-state index is 0.284. The molecule has 3 N–H and O–H groups in total. The quantitative estimate of drug-likeness (QED) is 0.277. The summed E-state index contributed by atoms with van der Waals surface area (Å²) in [5, 5.41) is 11.0. The van der Waals surface area contributed by atoms with Crippen molar-refractivity contribution in [2.45, 2.75) is 18.5 Å². The molecule has 0 atom stereocenters. The number of halogens is 7. The van der Waals surface area contributed by atoms with Crippen molar-refractivity contribution >= 4 is 21.8 Å². The first-order valence-electron chi connectivity index (χ1n) is 5.04. The van der Waals surface area contributed by atoms with Crippen LogP contribution < -0.4 is 10.5 Å². The Hall–Kier alpha value is -1.65. The van der Waals surface area contributed by atoms with Gasteiger partial charge in [-0.2, -0.15) is 26.3 Å². The van der Waals surface area contributed by atoms with Crippen LogP contribution in [0.25, 0.3) is 0 Å². The minimum atomic E-state index is -5.67. The number of hydrogen-bond acceptors (Lipinski definition) is 3. The van der Waals surface area contributed by atoms with Crippen LogP contribution in [0.5, 0.6) is 5.75 Å². The Morgan fingerprint density at radius 2 is 1.71 bits per heavy atom. The summed E-state index contributed by atoms with van der Waals surface area (Å²) in [7, 11) is 0. The number of alkyl halides is 6. The normalized spacial score (nSPS) is 13.6. The maximum Gasteiger partial charge on any atom is 0.434 e. The van der Waals surface area contributed by atoms with Crippen molar-refractivity contribution in [1.29, 1.82) is 0 Å². The van der Waals surface area contributed by atoms with Crippen LogP contribution in [-0.2, 0) is 0 Å². The van der Waals surface area contributed by atoms with Gasteiger partial charge in [-0.15, -0.1) is 0 Å². The molecule has 0 amide bonds. The molecule has 0 aliphatic heterocycles. The number of amidine groups is 1. The summed E-state index contributed by atoms with van der Waals surface area (Å²) in [6.45, 7) is 0. The van der Waals surface area contributed by atoms with Crippen LogP contribution in [0.15, 0.2) is 27.8 Å². The molecule has 0 aliphatic rings. The van der Waals surface area contributed by atoms with Gasteiger partial charge in [-0.05, 0) is 18.2 Å². The van der Waals surface area contributed by atoms with Crippen LogP contribution in [0.2, 0.25) is 0 Å². The third kappa shape index (κ3) is 4.41. The van der Waals surface area contributed by atoms with E-state index in [-0.39, 0.29) is 4.47 Å². The average molecular weight is 381 g/mol. The third-order valence-electron chi connectivity index (χ3n) is 2.16. The molecule has 118 valence electrons. The van der Waals surface area contributed by atoms with E-state index in [4.69, 9.17) is 10.9 Å². The lowest BCUT2D eigenvalue weighted by molar-refractivity contribution is -0.299. The van der Waals surface area contributed by atoms with Crippen molar-refractivity contribution in [3.8, 4) is 5.75 Å². The molecule has 0 aliphatic carbocycles. The van der Waals surface area contributed by atoms with Gasteiger partial charge in [0.05, 0.1) is 5.56 Å². The van der Waals surface area contributed by atoms with Gasteiger partial charge in [0, 0.05) is 4.47 Å². The number of ether oxygens (including phenoxy) is 1. The highest BCUT2D eigenvalue weighted by molar-refractivity contribution is 9.10. The topological polar surface area (TPSA) is 67.8 Å². The molecule has 0 spiro atoms. The van der Waals surface area contributed by atoms with E-state index in [0.717, 1.165) is 18.2 Å². The highest BCUT2D eigenvalue weighted by Gasteiger charge is 2.59. The summed E-state index contributed by atoms with van der Waals surface area (Å²) >= 11 is 2.95. The van der Waals surface area contributed by atoms with Crippen molar-refractivity contribution in [3.63, 3.8) is 0 Å². The minimum Gasteiger partial charge on any atom is -0.471 e. The Morgan fingerprint density at radius 3 is 2.14 bits per heavy atom. The number of nitrogens with zero attached hydrogens (tertiary/aromatic N) is 1. The molecule has 0 saturated carbocycles. The van der Waals surface area contributed by atoms with Crippen LogP contribution in [-0.4, -0.2) is 29.5 Å². The van der Waals surface area contributed by atoms with Gasteiger partial charge in [-0.3, -0.25) is 0 Å². The summed E-state index contributed by atoms with van der Waals surface area (Å²) in [6.07, 6.45) is -15.4. The van der Waals surface area contributed by atoms with Crippen molar-refractivity contribution < 1.29 is 36.3 Å². The van der Waals surface area contributed by atoms with Gasteiger partial charge in [-0.25, -0.2) is 0 Å². The lowest BCUT2D eigenvalue weighted by Gasteiger charge is -2.24. The molecular weight excluding hydrogens is 374 g/mol. The van der Waals surface area contributed by atoms with E-state index >= 15 is 0 Å². The van der Waals surface area contributed by atoms with Crippen LogP contribution in [0.3, 0.4) is 0 Å². The molecule has 4 nitrogen and oxygen atoms in total. The molecular formula is C10H7BrF6N2O2. The summed E-state index contributed by atoms with van der Waals surface area (Å²) in [4.78, 5) is 0. The van der Waals surface area contributed by atoms with Crippen molar-refractivity contribution in [2.75, 3.05) is 0 Å². The Labute approximate surface area is 122 Å². The number of hydrogen-bond donors (Lipinski definition) is 2. The summed E-state index contributed by atoms with van der Waals surface area (Å²) in [5.74, 6) is -1.53. The lowest BCUT2D eigenvalue weighted by atomic mass is 10.2. The van der Waals surface area contributed by atoms with E-state index in [1.54, 1.807) is 0 Å². The highest BCUT2D eigenvalue weighted by Crippen LogP contribution is 2.37. The van der Waals surface area contributed by atoms with Gasteiger partial charge in [-0.1, -0.05) is 21.1 Å². The van der Waals surface area contributed by atoms with E-state index < -0.39 is 35.6 Å². The zero-order valence-corrected chi connectivity index (χ0v) is 11.4. The molecule has 0 unspecified atom stereocenters. The van der Waals surface area contributed by atoms with Gasteiger partial charge in [0.25, 0.3) is 6.10 Å². The summed E-state index contributed by atoms with van der Waals surface area (Å²) in [5.41, 5.74) is 4.77. The molecule has 0 fully saturated rings. The zero-order chi connectivity index (χ0) is 16.4. The Kier molecular flexibility index (Phi) is 4.97. The van der Waals surface area contributed by atoms with Crippen LogP contribution in [0.4, 0.5) is 26.3 Å². The predicted octanol–water partition coefficient (Wildman–Crippen LogP) is 3.42. The molecule has 0 aromatic heterocycles. The second kappa shape index (κ2) is 6.00. The van der Waals surface area contributed by atoms with E-state index in [9.17, 15) is 26.3 Å². The molecule has 0 saturated heterocycles. The van der Waals surface area contributed by atoms with Gasteiger partial charge >= 0.3 is 12.4 Å². The standard InChI is InChI=1S/C10H7BrF6N2O2/c11-4-1-2-6(5(3-4)7(18)19-20)21-8(9(12,13)14)10(15,16)17/h1-3,8,20H,(H2,18,19). The van der Waals surface area contributed by atoms with Gasteiger partial charge in [0.15, 0.2) is 5.84 Å². The number of oxime groups is 1. The fourth-order valence-corrected chi connectivity index (χ4v) is 1.67. The second-order valence-corrected chi connectivity index (χ2v) is 4.62. The smallest absolute Gasteiger partial charge is 0.434 e. The summed E-state index contributed by atoms with van der Waals surface area (Å²) in [6, 6.07) is 3.03. The number of rotatable bonds is 3. The Balaban J connectivity index is 3.28. The molecule has 11 heteroatoms. The largest absolute Gasteiger partial charge is 0.471 e. The van der Waals surface area contributed by atoms with Crippen LogP contribution >= 0.6 is 15.9 Å². The number of nitrogens with two attached hydrogens (primary N) is 1. The van der Waals surface area contributed by atoms with Crippen LogP contribution in [0, 0.1) is 0 Å². The first-order valence-corrected chi connectivity index (χ1v) is 5.83. The van der Waals surface area contributed by atoms with E-state index in [1.165, 1.54) is 0 Å². The van der Waals surface area contributed by atoms with Crippen molar-refractivity contribution in [3.05, 3.63) is 28.2 Å². The molecule has 0 heterocycles. The fraction of sp³-hybridized carbons (Fsp3) is 0.300. The highest BCUT2D eigenvalue weighted by atomic mass is 79.9. The van der Waals surface area contributed by atoms with Crippen molar-refractivity contribution in [2.24, 2.45) is 10.9 Å². The zero-order valence-electron chi connectivity index (χ0n) is 9.84. The first kappa shape index (κ1) is 17.4. The molecule has 1 aromatic carbocycles. The first-order chi connectivity index (χ1) is 9.46. The number of benzene rings is 1. The molecule has 21 heavy (non-hydrogen) atoms. The molecule has 0 radical (unpaired) electrons. The molecule has 1 rings (SSSR count). The monoisotopic (exact) mass is 380 g/mol. The van der Waals surface area contributed by atoms with Crippen molar-refractivity contribution in [1.82, 2.24) is 0 Å². The van der Waals surface area contributed by atoms with Crippen LogP contribution in [0.1, 0.15) is 5.56 Å². The maximum atomic E-state index is 12.4.